The smallest absolute Gasteiger partial charge is 0.242 e. The summed E-state index contributed by atoms with van der Waals surface area (Å²) in [6.45, 7) is 3.02. The molecule has 0 aliphatic heterocycles. The first-order chi connectivity index (χ1) is 15.8. The van der Waals surface area contributed by atoms with Crippen LogP contribution in [0.25, 0.3) is 10.9 Å². The Balaban J connectivity index is 1.93. The Kier molecular flexibility index (Phi) is 6.23. The van der Waals surface area contributed by atoms with Crippen molar-refractivity contribution in [2.45, 2.75) is 19.3 Å². The molecule has 1 atom stereocenters. The standard InChI is InChI=1S/C23H32N2O4P2/c1-24(2)15-14-20-16-25(18-31(5,27)28-17-19-10-7-6-8-11-19)21-12-9-13-22(23(20)21)29-30(3,4)26/h6-13,16H,14-15,17-18H2,1-5H3/i1D3. The highest BCUT2D eigenvalue weighted by atomic mass is 31.2. The monoisotopic (exact) mass is 465 g/mol. The predicted octanol–water partition coefficient (Wildman–Crippen LogP) is 5.74. The van der Waals surface area contributed by atoms with Crippen LogP contribution in [0.5, 0.6) is 5.75 Å². The largest absolute Gasteiger partial charge is 0.442 e. The van der Waals surface area contributed by atoms with Gasteiger partial charge in [0, 0.05) is 42.2 Å². The van der Waals surface area contributed by atoms with Gasteiger partial charge in [-0.2, -0.15) is 0 Å². The van der Waals surface area contributed by atoms with Crippen LogP contribution in [-0.2, 0) is 33.0 Å². The van der Waals surface area contributed by atoms with Gasteiger partial charge in [0.25, 0.3) is 0 Å². The Morgan fingerprint density at radius 3 is 2.48 bits per heavy atom. The molecule has 6 nitrogen and oxygen atoms in total. The number of fused-ring (bicyclic) bond motifs is 1. The average Bonchev–Trinajstić information content (AvgIpc) is 3.07. The second-order valence-corrected chi connectivity index (χ2v) is 13.5. The van der Waals surface area contributed by atoms with Gasteiger partial charge in [0.1, 0.15) is 5.75 Å². The SMILES string of the molecule is [2H]C([2H])([2H])N(C)CCc1cn(CP(C)(=O)OCc2ccccc2)c2cccc(OP(C)(C)=O)c12. The molecule has 31 heavy (non-hydrogen) atoms. The maximum absolute atomic E-state index is 13.3. The zero-order valence-electron chi connectivity index (χ0n) is 21.4. The topological polar surface area (TPSA) is 60.8 Å². The van der Waals surface area contributed by atoms with Crippen LogP contribution in [0, 0.1) is 0 Å². The summed E-state index contributed by atoms with van der Waals surface area (Å²) >= 11 is 0. The molecule has 8 heteroatoms. The molecule has 3 aromatic rings. The zero-order chi connectivity index (χ0) is 25.1. The van der Waals surface area contributed by atoms with Crippen LogP contribution in [-0.4, -0.2) is 50.0 Å². The van der Waals surface area contributed by atoms with Crippen molar-refractivity contribution >= 4 is 25.6 Å². The lowest BCUT2D eigenvalue weighted by Crippen LogP contribution is -2.15. The molecule has 0 saturated heterocycles. The summed E-state index contributed by atoms with van der Waals surface area (Å²) in [6, 6.07) is 15.0. The lowest BCUT2D eigenvalue weighted by atomic mass is 10.1. The highest BCUT2D eigenvalue weighted by molar-refractivity contribution is 7.57. The molecule has 3 rings (SSSR count). The molecule has 1 unspecified atom stereocenters. The molecule has 0 amide bonds. The molecule has 0 bridgehead atoms. The van der Waals surface area contributed by atoms with Crippen LogP contribution in [0.4, 0.5) is 0 Å². The number of hydrogen-bond acceptors (Lipinski definition) is 5. The minimum absolute atomic E-state index is 0.144. The molecule has 1 aromatic heterocycles. The van der Waals surface area contributed by atoms with E-state index in [1.165, 1.54) is 4.90 Å². The molecule has 2 aromatic carbocycles. The first-order valence-corrected chi connectivity index (χ1v) is 14.8. The van der Waals surface area contributed by atoms with Crippen molar-refractivity contribution in [2.75, 3.05) is 40.6 Å². The molecule has 0 N–H and O–H groups in total. The van der Waals surface area contributed by atoms with E-state index in [2.05, 4.69) is 0 Å². The van der Waals surface area contributed by atoms with Crippen molar-refractivity contribution in [3.8, 4) is 5.75 Å². The number of rotatable bonds is 10. The molecule has 0 spiro atoms. The van der Waals surface area contributed by atoms with Gasteiger partial charge in [0.15, 0.2) is 0 Å². The molecule has 0 aliphatic rings. The van der Waals surface area contributed by atoms with Crippen molar-refractivity contribution in [3.05, 3.63) is 65.9 Å². The molecular formula is C23H32N2O4P2. The lowest BCUT2D eigenvalue weighted by molar-refractivity contribution is 0.302. The lowest BCUT2D eigenvalue weighted by Gasteiger charge is -2.16. The Morgan fingerprint density at radius 1 is 1.06 bits per heavy atom. The molecule has 1 heterocycles. The van der Waals surface area contributed by atoms with Crippen LogP contribution >= 0.6 is 14.7 Å². The third kappa shape index (κ3) is 6.82. The zero-order valence-corrected chi connectivity index (χ0v) is 20.2. The van der Waals surface area contributed by atoms with Gasteiger partial charge < -0.3 is 18.5 Å². The second kappa shape index (κ2) is 9.75. The van der Waals surface area contributed by atoms with Crippen molar-refractivity contribution < 1.29 is 22.3 Å². The summed E-state index contributed by atoms with van der Waals surface area (Å²) in [6.07, 6.45) is 2.43. The van der Waals surface area contributed by atoms with E-state index >= 15 is 0 Å². The van der Waals surface area contributed by atoms with E-state index in [9.17, 15) is 9.13 Å². The first-order valence-electron chi connectivity index (χ1n) is 11.6. The van der Waals surface area contributed by atoms with Crippen molar-refractivity contribution in [1.82, 2.24) is 9.47 Å². The predicted molar refractivity (Wildman–Crippen MR) is 129 cm³/mol. The van der Waals surface area contributed by atoms with Crippen LogP contribution in [0.2, 0.25) is 0 Å². The number of nitrogens with zero attached hydrogens (tertiary/aromatic N) is 2. The van der Waals surface area contributed by atoms with Crippen LogP contribution in [0.3, 0.4) is 0 Å². The number of aromatic nitrogens is 1. The van der Waals surface area contributed by atoms with Gasteiger partial charge in [-0.25, -0.2) is 0 Å². The van der Waals surface area contributed by atoms with E-state index in [0.29, 0.717) is 12.2 Å². The van der Waals surface area contributed by atoms with Gasteiger partial charge in [-0.15, -0.1) is 0 Å². The number of hydrogen-bond donors (Lipinski definition) is 0. The first kappa shape index (κ1) is 19.8. The van der Waals surface area contributed by atoms with Crippen LogP contribution < -0.4 is 4.52 Å². The quantitative estimate of drug-likeness (QED) is 0.357. The van der Waals surface area contributed by atoms with E-state index in [1.807, 2.05) is 47.2 Å². The molecule has 168 valence electrons. The molecule has 0 radical (unpaired) electrons. The molecule has 0 saturated carbocycles. The summed E-state index contributed by atoms with van der Waals surface area (Å²) in [5.74, 6) is 0.465. The van der Waals surface area contributed by atoms with Crippen molar-refractivity contribution in [1.29, 1.82) is 0 Å². The van der Waals surface area contributed by atoms with Crippen LogP contribution in [0.15, 0.2) is 54.7 Å². The van der Waals surface area contributed by atoms with E-state index in [4.69, 9.17) is 13.2 Å². The summed E-state index contributed by atoms with van der Waals surface area (Å²) in [5.41, 5.74) is 2.54. The maximum atomic E-state index is 13.3. The highest BCUT2D eigenvalue weighted by Crippen LogP contribution is 2.48. The Bertz CT molecular complexity index is 1220. The minimum atomic E-state index is -3.02. The Morgan fingerprint density at radius 2 is 1.81 bits per heavy atom. The molecule has 0 aliphatic carbocycles. The van der Waals surface area contributed by atoms with Gasteiger partial charge in [-0.3, -0.25) is 9.13 Å². The van der Waals surface area contributed by atoms with E-state index in [-0.39, 0.29) is 19.4 Å². The van der Waals surface area contributed by atoms with Gasteiger partial charge in [0.05, 0.1) is 18.4 Å². The van der Waals surface area contributed by atoms with E-state index < -0.39 is 21.7 Å². The fourth-order valence-electron chi connectivity index (χ4n) is 3.41. The highest BCUT2D eigenvalue weighted by Gasteiger charge is 2.22. The fraction of sp³-hybridized carbons (Fsp3) is 0.391. The van der Waals surface area contributed by atoms with Crippen LogP contribution in [0.1, 0.15) is 15.2 Å². The molecular weight excluding hydrogens is 430 g/mol. The Labute approximate surface area is 189 Å². The maximum Gasteiger partial charge on any atom is 0.242 e. The summed E-state index contributed by atoms with van der Waals surface area (Å²) < 4.78 is 62.0. The van der Waals surface area contributed by atoms with E-state index in [1.54, 1.807) is 39.2 Å². The normalized spacial score (nSPS) is 16.0. The number of benzene rings is 2. The third-order valence-corrected chi connectivity index (χ3v) is 6.87. The third-order valence-electron chi connectivity index (χ3n) is 4.74. The van der Waals surface area contributed by atoms with Gasteiger partial charge in [-0.1, -0.05) is 36.4 Å². The summed E-state index contributed by atoms with van der Waals surface area (Å²) in [7, 11) is -4.32. The van der Waals surface area contributed by atoms with Crippen molar-refractivity contribution in [3.63, 3.8) is 0 Å². The number of likely N-dealkylation sites (N-methyl/N-ethyl adjacent to an activating group) is 1. The van der Waals surface area contributed by atoms with Crippen molar-refractivity contribution in [2.24, 2.45) is 0 Å². The average molecular weight is 465 g/mol. The minimum Gasteiger partial charge on any atom is -0.442 e. The van der Waals surface area contributed by atoms with Gasteiger partial charge >= 0.3 is 0 Å². The van der Waals surface area contributed by atoms with E-state index in [0.717, 1.165) is 22.0 Å². The van der Waals surface area contributed by atoms with Gasteiger partial charge in [-0.05, 0) is 43.7 Å². The molecule has 0 fully saturated rings. The van der Waals surface area contributed by atoms with Gasteiger partial charge in [0.2, 0.25) is 14.7 Å². The summed E-state index contributed by atoms with van der Waals surface area (Å²) in [4.78, 5) is 1.30. The Hall–Kier alpha value is -1.84. The second-order valence-electron chi connectivity index (χ2n) is 8.20. The summed E-state index contributed by atoms with van der Waals surface area (Å²) in [5, 5.41) is 0.744. The fourth-order valence-corrected chi connectivity index (χ4v) is 5.33.